The maximum atomic E-state index is 5.10. The Balaban J connectivity index is 0.000000143. The zero-order valence-corrected chi connectivity index (χ0v) is 17.0. The van der Waals surface area contributed by atoms with Crippen LogP contribution in [0.2, 0.25) is 0 Å². The van der Waals surface area contributed by atoms with Crippen LogP contribution in [-0.4, -0.2) is 4.82 Å². The predicted molar refractivity (Wildman–Crippen MR) is 107 cm³/mol. The molecule has 0 N–H and O–H groups in total. The van der Waals surface area contributed by atoms with Crippen molar-refractivity contribution in [2.24, 2.45) is 0 Å². The minimum absolute atomic E-state index is 1.35. The molecule has 0 saturated carbocycles. The molecule has 0 aliphatic rings. The zero-order chi connectivity index (χ0) is 17.5. The molecule has 24 heavy (non-hydrogen) atoms. The molecule has 0 unspecified atom stereocenters. The van der Waals surface area contributed by atoms with Gasteiger partial charge in [-0.15, -0.1) is 81.2 Å². The van der Waals surface area contributed by atoms with E-state index in [9.17, 15) is 0 Å². The Labute approximate surface area is 157 Å². The van der Waals surface area contributed by atoms with Crippen molar-refractivity contribution in [1.29, 1.82) is 0 Å². The fourth-order valence-corrected chi connectivity index (χ4v) is 2.61. The Morgan fingerprint density at radius 1 is 0.750 bits per heavy atom. The first-order valence-electron chi connectivity index (χ1n) is 7.70. The Bertz CT molecular complexity index is 789. The number of halogens is 2. The molecule has 4 aromatic rings. The van der Waals surface area contributed by atoms with E-state index in [1.807, 2.05) is 0 Å². The fraction of sp³-hybridized carbons (Fsp3) is 0.0952. The summed E-state index contributed by atoms with van der Waals surface area (Å²) in [4.78, 5) is 3.34. The molecular formula is C21H20Cl2Ti-2. The van der Waals surface area contributed by atoms with E-state index in [1.165, 1.54) is 32.7 Å². The number of rotatable bonds is 0. The molecule has 0 saturated heterocycles. The van der Waals surface area contributed by atoms with Crippen molar-refractivity contribution < 1.29 is 15.3 Å². The van der Waals surface area contributed by atoms with Crippen LogP contribution in [0, 0.1) is 13.8 Å². The van der Waals surface area contributed by atoms with Crippen LogP contribution < -0.4 is 0 Å². The van der Waals surface area contributed by atoms with Gasteiger partial charge in [0.05, 0.1) is 0 Å². The number of aryl methyl sites for hydroxylation is 2. The summed E-state index contributed by atoms with van der Waals surface area (Å²) < 4.78 is 0. The second-order valence-electron chi connectivity index (χ2n) is 5.66. The van der Waals surface area contributed by atoms with Crippen LogP contribution in [-0.2, 0) is 15.3 Å². The second kappa shape index (κ2) is 9.34. The molecule has 0 radical (unpaired) electrons. The van der Waals surface area contributed by atoms with Crippen LogP contribution in [0.15, 0.2) is 72.8 Å². The van der Waals surface area contributed by atoms with Crippen molar-refractivity contribution >= 4 is 45.0 Å². The normalized spacial score (nSPS) is 9.83. The minimum atomic E-state index is -1.64. The van der Waals surface area contributed by atoms with Crippen LogP contribution in [0.3, 0.4) is 0 Å². The van der Waals surface area contributed by atoms with Crippen molar-refractivity contribution in [3.8, 4) is 0 Å². The summed E-state index contributed by atoms with van der Waals surface area (Å²) in [5.74, 6) is 0. The predicted octanol–water partition coefficient (Wildman–Crippen LogP) is 7.08. The first-order valence-corrected chi connectivity index (χ1v) is 13.1. The van der Waals surface area contributed by atoms with Gasteiger partial charge in [-0.25, -0.2) is 0 Å². The topological polar surface area (TPSA) is 0 Å². The van der Waals surface area contributed by atoms with Crippen LogP contribution in [0.4, 0.5) is 0 Å². The van der Waals surface area contributed by atoms with E-state index in [0.29, 0.717) is 0 Å². The van der Waals surface area contributed by atoms with Gasteiger partial charge in [-0.1, -0.05) is 26.0 Å². The van der Waals surface area contributed by atoms with Gasteiger partial charge in [0.15, 0.2) is 0 Å². The van der Waals surface area contributed by atoms with Crippen LogP contribution in [0.25, 0.3) is 21.5 Å². The molecule has 4 rings (SSSR count). The SMILES string of the molecule is Cc1cc2ccccc2[cH-]1.Cc1cc2ccccc2[cH-]1.[CH2]=[Ti]([Cl])[Cl]. The number of fused-ring (bicyclic) bond motifs is 2. The molecule has 3 heteroatoms. The summed E-state index contributed by atoms with van der Waals surface area (Å²) in [6.07, 6.45) is 0. The van der Waals surface area contributed by atoms with Gasteiger partial charge < -0.3 is 0 Å². The third kappa shape index (κ3) is 6.04. The average Bonchev–Trinajstić information content (AvgIpc) is 3.07. The molecular weight excluding hydrogens is 371 g/mol. The van der Waals surface area contributed by atoms with E-state index in [-0.39, 0.29) is 0 Å². The van der Waals surface area contributed by atoms with E-state index >= 15 is 0 Å². The van der Waals surface area contributed by atoms with Crippen LogP contribution >= 0.6 is 18.6 Å². The van der Waals surface area contributed by atoms with Gasteiger partial charge in [-0.3, -0.25) is 0 Å². The summed E-state index contributed by atoms with van der Waals surface area (Å²) in [6, 6.07) is 25.7. The van der Waals surface area contributed by atoms with Gasteiger partial charge >= 0.3 is 38.7 Å². The van der Waals surface area contributed by atoms with E-state index < -0.39 is 15.3 Å². The summed E-state index contributed by atoms with van der Waals surface area (Å²) >= 11 is -1.64. The van der Waals surface area contributed by atoms with E-state index in [0.717, 1.165) is 0 Å². The molecule has 0 amide bonds. The van der Waals surface area contributed by atoms with E-state index in [1.54, 1.807) is 0 Å². The van der Waals surface area contributed by atoms with Crippen molar-refractivity contribution in [3.63, 3.8) is 0 Å². The Kier molecular flexibility index (Phi) is 7.46. The summed E-state index contributed by atoms with van der Waals surface area (Å²) in [5.41, 5.74) is 2.70. The van der Waals surface area contributed by atoms with Crippen molar-refractivity contribution in [1.82, 2.24) is 0 Å². The van der Waals surface area contributed by atoms with Crippen molar-refractivity contribution in [2.75, 3.05) is 0 Å². The summed E-state index contributed by atoms with van der Waals surface area (Å²) in [6.45, 7) is 4.25. The standard InChI is InChI=1S/2C10H9.CH2.2ClH.Ti/c2*1-8-6-9-4-2-3-5-10(9)7-8;;;;/h2*2-7H,1H3;1H2;2*1H;/q2*-1;;;;+2/p-2. The monoisotopic (exact) mass is 390 g/mol. The first kappa shape index (κ1) is 19.2. The fourth-order valence-electron chi connectivity index (χ4n) is 2.61. The Morgan fingerprint density at radius 3 is 1.42 bits per heavy atom. The maximum absolute atomic E-state index is 5.10. The molecule has 0 spiro atoms. The van der Waals surface area contributed by atoms with Gasteiger partial charge in [0.2, 0.25) is 0 Å². The first-order chi connectivity index (χ1) is 11.5. The number of benzene rings is 2. The van der Waals surface area contributed by atoms with E-state index in [2.05, 4.69) is 91.5 Å². The molecule has 124 valence electrons. The van der Waals surface area contributed by atoms with Crippen molar-refractivity contribution in [2.45, 2.75) is 13.8 Å². The molecule has 0 bridgehead atoms. The number of hydrogen-bond acceptors (Lipinski definition) is 0. The summed E-state index contributed by atoms with van der Waals surface area (Å²) in [7, 11) is 10.2. The summed E-state index contributed by atoms with van der Waals surface area (Å²) in [5, 5.41) is 5.39. The molecule has 0 aliphatic heterocycles. The molecule has 4 aromatic carbocycles. The number of hydrogen-bond donors (Lipinski definition) is 0. The quantitative estimate of drug-likeness (QED) is 0.222. The second-order valence-corrected chi connectivity index (χ2v) is 11.3. The third-order valence-electron chi connectivity index (χ3n) is 3.52. The molecule has 0 aliphatic carbocycles. The van der Waals surface area contributed by atoms with E-state index in [4.69, 9.17) is 18.6 Å². The third-order valence-corrected chi connectivity index (χ3v) is 3.52. The zero-order valence-electron chi connectivity index (χ0n) is 13.9. The Morgan fingerprint density at radius 2 is 1.08 bits per heavy atom. The van der Waals surface area contributed by atoms with Gasteiger partial charge in [0.25, 0.3) is 0 Å². The van der Waals surface area contributed by atoms with Crippen molar-refractivity contribution in [3.05, 3.63) is 83.9 Å². The van der Waals surface area contributed by atoms with Crippen LogP contribution in [0.1, 0.15) is 11.1 Å². The van der Waals surface area contributed by atoms with Gasteiger partial charge in [-0.05, 0) is 0 Å². The van der Waals surface area contributed by atoms with Gasteiger partial charge in [-0.2, -0.15) is 12.1 Å². The van der Waals surface area contributed by atoms with Crippen LogP contribution in [0.5, 0.6) is 0 Å². The average molecular weight is 391 g/mol. The molecule has 0 aromatic heterocycles. The van der Waals surface area contributed by atoms with Gasteiger partial charge in [0, 0.05) is 0 Å². The van der Waals surface area contributed by atoms with Gasteiger partial charge in [0.1, 0.15) is 0 Å². The molecule has 0 fully saturated rings. The Hall–Kier alpha value is -1.18. The molecule has 0 atom stereocenters. The molecule has 0 nitrogen and oxygen atoms in total. The molecule has 0 heterocycles.